The Balaban J connectivity index is 2.52. The molecule has 96 valence electrons. The van der Waals surface area contributed by atoms with Gasteiger partial charge >= 0.3 is 0 Å². The molecule has 0 spiro atoms. The zero-order valence-electron chi connectivity index (χ0n) is 11.2. The van der Waals surface area contributed by atoms with Gasteiger partial charge < -0.3 is 10.6 Å². The van der Waals surface area contributed by atoms with Crippen LogP contribution in [0.3, 0.4) is 0 Å². The number of nitrogens with two attached hydrogens (primary N) is 1. The summed E-state index contributed by atoms with van der Waals surface area (Å²) in [5.74, 6) is 0. The molecular formula is C16H17N3. The topological polar surface area (TPSA) is 53.0 Å². The fourth-order valence-electron chi connectivity index (χ4n) is 2.17. The fraction of sp³-hybridized carbons (Fsp3) is 0.188. The Bertz CT molecular complexity index is 626. The number of nitriles is 1. The minimum Gasteiger partial charge on any atom is -0.399 e. The van der Waals surface area contributed by atoms with Crippen LogP contribution in [0, 0.1) is 18.3 Å². The van der Waals surface area contributed by atoms with Crippen molar-refractivity contribution in [3.63, 3.8) is 0 Å². The lowest BCUT2D eigenvalue weighted by Gasteiger charge is -2.24. The van der Waals surface area contributed by atoms with E-state index in [0.717, 1.165) is 17.9 Å². The molecule has 0 aliphatic carbocycles. The maximum Gasteiger partial charge on any atom is 0.101 e. The Hall–Kier alpha value is -2.47. The van der Waals surface area contributed by atoms with Crippen molar-refractivity contribution in [2.45, 2.75) is 13.8 Å². The van der Waals surface area contributed by atoms with Crippen LogP contribution in [-0.4, -0.2) is 6.54 Å². The summed E-state index contributed by atoms with van der Waals surface area (Å²) in [7, 11) is 0. The van der Waals surface area contributed by atoms with Crippen LogP contribution in [0.2, 0.25) is 0 Å². The third kappa shape index (κ3) is 2.69. The van der Waals surface area contributed by atoms with E-state index < -0.39 is 0 Å². The van der Waals surface area contributed by atoms with E-state index in [4.69, 9.17) is 5.73 Å². The second kappa shape index (κ2) is 5.45. The summed E-state index contributed by atoms with van der Waals surface area (Å²) in [6.45, 7) is 4.92. The van der Waals surface area contributed by atoms with E-state index in [1.807, 2.05) is 24.3 Å². The Labute approximate surface area is 113 Å². The minimum atomic E-state index is 0.600. The minimum absolute atomic E-state index is 0.600. The van der Waals surface area contributed by atoms with Gasteiger partial charge in [-0.2, -0.15) is 5.26 Å². The van der Waals surface area contributed by atoms with Gasteiger partial charge in [-0.25, -0.2) is 0 Å². The van der Waals surface area contributed by atoms with Crippen LogP contribution in [0.25, 0.3) is 0 Å². The van der Waals surface area contributed by atoms with E-state index in [0.29, 0.717) is 11.3 Å². The lowest BCUT2D eigenvalue weighted by atomic mass is 10.1. The van der Waals surface area contributed by atoms with E-state index in [1.54, 1.807) is 6.07 Å². The highest BCUT2D eigenvalue weighted by Crippen LogP contribution is 2.29. The van der Waals surface area contributed by atoms with Crippen molar-refractivity contribution < 1.29 is 0 Å². The molecule has 2 aromatic rings. The molecule has 0 amide bonds. The number of nitrogens with zero attached hydrogens (tertiary/aromatic N) is 2. The predicted octanol–water partition coefficient (Wildman–Crippen LogP) is 3.61. The van der Waals surface area contributed by atoms with E-state index in [2.05, 4.69) is 36.9 Å². The van der Waals surface area contributed by atoms with Crippen molar-refractivity contribution in [3.05, 3.63) is 53.6 Å². The average Bonchev–Trinajstić information content (AvgIpc) is 2.41. The molecule has 3 nitrogen and oxygen atoms in total. The highest BCUT2D eigenvalue weighted by atomic mass is 15.1. The summed E-state index contributed by atoms with van der Waals surface area (Å²) >= 11 is 0. The van der Waals surface area contributed by atoms with Crippen molar-refractivity contribution in [1.29, 1.82) is 5.26 Å². The SMILES string of the molecule is CCN(c1cccc(C)c1)c1ccc(N)cc1C#N. The van der Waals surface area contributed by atoms with Crippen molar-refractivity contribution in [2.75, 3.05) is 17.2 Å². The maximum atomic E-state index is 9.26. The third-order valence-electron chi connectivity index (χ3n) is 3.06. The number of hydrogen-bond donors (Lipinski definition) is 1. The molecule has 0 fully saturated rings. The molecule has 0 aliphatic heterocycles. The van der Waals surface area contributed by atoms with Gasteiger partial charge in [0.15, 0.2) is 0 Å². The van der Waals surface area contributed by atoms with Crippen LogP contribution >= 0.6 is 0 Å². The van der Waals surface area contributed by atoms with Crippen LogP contribution in [0.4, 0.5) is 17.1 Å². The van der Waals surface area contributed by atoms with Gasteiger partial charge in [-0.1, -0.05) is 12.1 Å². The van der Waals surface area contributed by atoms with Crippen LogP contribution in [0.5, 0.6) is 0 Å². The molecule has 0 atom stereocenters. The van der Waals surface area contributed by atoms with Gasteiger partial charge in [-0.15, -0.1) is 0 Å². The summed E-state index contributed by atoms with van der Waals surface area (Å²) in [6.07, 6.45) is 0. The molecule has 0 aliphatic rings. The summed E-state index contributed by atoms with van der Waals surface area (Å²) in [6, 6.07) is 15.9. The van der Waals surface area contributed by atoms with Crippen LogP contribution in [-0.2, 0) is 0 Å². The molecule has 2 N–H and O–H groups in total. The van der Waals surface area contributed by atoms with Crippen molar-refractivity contribution in [1.82, 2.24) is 0 Å². The Morgan fingerprint density at radius 1 is 1.21 bits per heavy atom. The van der Waals surface area contributed by atoms with Gasteiger partial charge in [-0.3, -0.25) is 0 Å². The van der Waals surface area contributed by atoms with E-state index in [-0.39, 0.29) is 0 Å². The smallest absolute Gasteiger partial charge is 0.101 e. The molecule has 2 aromatic carbocycles. The summed E-state index contributed by atoms with van der Waals surface area (Å²) < 4.78 is 0. The zero-order chi connectivity index (χ0) is 13.8. The summed E-state index contributed by atoms with van der Waals surface area (Å²) in [5.41, 5.74) is 10.1. The fourth-order valence-corrected chi connectivity index (χ4v) is 2.17. The van der Waals surface area contributed by atoms with Gasteiger partial charge in [0.2, 0.25) is 0 Å². The van der Waals surface area contributed by atoms with Gasteiger partial charge in [0.25, 0.3) is 0 Å². The lowest BCUT2D eigenvalue weighted by Crippen LogP contribution is -2.17. The third-order valence-corrected chi connectivity index (χ3v) is 3.06. The lowest BCUT2D eigenvalue weighted by molar-refractivity contribution is 1.02. The van der Waals surface area contributed by atoms with Gasteiger partial charge in [-0.05, 0) is 49.7 Å². The first-order valence-corrected chi connectivity index (χ1v) is 6.29. The number of rotatable bonds is 3. The first kappa shape index (κ1) is 13.0. The van der Waals surface area contributed by atoms with Gasteiger partial charge in [0.05, 0.1) is 11.3 Å². The summed E-state index contributed by atoms with van der Waals surface area (Å²) in [4.78, 5) is 2.12. The molecule has 3 heteroatoms. The number of hydrogen-bond acceptors (Lipinski definition) is 3. The first-order chi connectivity index (χ1) is 9.15. The quantitative estimate of drug-likeness (QED) is 0.848. The van der Waals surface area contributed by atoms with E-state index in [9.17, 15) is 5.26 Å². The van der Waals surface area contributed by atoms with Gasteiger partial charge in [0.1, 0.15) is 6.07 Å². The molecule has 0 heterocycles. The average molecular weight is 251 g/mol. The van der Waals surface area contributed by atoms with Gasteiger partial charge in [0, 0.05) is 17.9 Å². The number of nitrogen functional groups attached to an aromatic ring is 1. The molecular weight excluding hydrogens is 234 g/mol. The Morgan fingerprint density at radius 3 is 2.63 bits per heavy atom. The largest absolute Gasteiger partial charge is 0.399 e. The Morgan fingerprint density at radius 2 is 2.00 bits per heavy atom. The second-order valence-electron chi connectivity index (χ2n) is 4.47. The maximum absolute atomic E-state index is 9.26. The molecule has 0 unspecified atom stereocenters. The Kier molecular flexibility index (Phi) is 3.72. The normalized spacial score (nSPS) is 9.95. The standard InChI is InChI=1S/C16H17N3/c1-3-19(15-6-4-5-12(2)9-15)16-8-7-14(18)10-13(16)11-17/h4-10H,3,18H2,1-2H3. The second-order valence-corrected chi connectivity index (χ2v) is 4.47. The molecule has 0 radical (unpaired) electrons. The predicted molar refractivity (Wildman–Crippen MR) is 79.4 cm³/mol. The van der Waals surface area contributed by atoms with Crippen LogP contribution in [0.1, 0.15) is 18.1 Å². The highest BCUT2D eigenvalue weighted by molar-refractivity contribution is 5.72. The number of anilines is 3. The molecule has 19 heavy (non-hydrogen) atoms. The van der Waals surface area contributed by atoms with E-state index in [1.165, 1.54) is 5.56 Å². The molecule has 2 rings (SSSR count). The number of aryl methyl sites for hydroxylation is 1. The van der Waals surface area contributed by atoms with E-state index >= 15 is 0 Å². The van der Waals surface area contributed by atoms with Crippen LogP contribution < -0.4 is 10.6 Å². The summed E-state index contributed by atoms with van der Waals surface area (Å²) in [5, 5.41) is 9.26. The molecule has 0 saturated heterocycles. The van der Waals surface area contributed by atoms with Crippen molar-refractivity contribution in [3.8, 4) is 6.07 Å². The van der Waals surface area contributed by atoms with Crippen molar-refractivity contribution >= 4 is 17.1 Å². The number of benzene rings is 2. The van der Waals surface area contributed by atoms with Crippen LogP contribution in [0.15, 0.2) is 42.5 Å². The van der Waals surface area contributed by atoms with Crippen molar-refractivity contribution in [2.24, 2.45) is 0 Å². The monoisotopic (exact) mass is 251 g/mol. The first-order valence-electron chi connectivity index (χ1n) is 6.29. The molecule has 0 bridgehead atoms. The molecule has 0 aromatic heterocycles. The zero-order valence-corrected chi connectivity index (χ0v) is 11.2. The highest BCUT2D eigenvalue weighted by Gasteiger charge is 2.12. The molecule has 0 saturated carbocycles.